The van der Waals surface area contributed by atoms with Gasteiger partial charge in [0.1, 0.15) is 6.04 Å². The number of carbonyl (C=O) groups excluding carboxylic acids is 1. The van der Waals surface area contributed by atoms with Crippen LogP contribution in [0, 0.1) is 5.92 Å². The molecule has 1 amide bonds. The monoisotopic (exact) mass is 296 g/mol. The lowest BCUT2D eigenvalue weighted by Gasteiger charge is -2.16. The summed E-state index contributed by atoms with van der Waals surface area (Å²) in [6.07, 6.45) is 0.160. The zero-order chi connectivity index (χ0) is 16.0. The van der Waals surface area contributed by atoms with Gasteiger partial charge >= 0.3 is 5.97 Å². The number of rotatable bonds is 7. The summed E-state index contributed by atoms with van der Waals surface area (Å²) in [7, 11) is 0. The topological polar surface area (TPSA) is 133 Å². The van der Waals surface area contributed by atoms with Crippen molar-refractivity contribution in [2.45, 2.75) is 25.8 Å². The fourth-order valence-corrected chi connectivity index (χ4v) is 1.78. The fraction of sp³-hybridized carbons (Fsp3) is 0.429. The molecule has 1 unspecified atom stereocenters. The van der Waals surface area contributed by atoms with Gasteiger partial charge in [0.25, 0.3) is 0 Å². The summed E-state index contributed by atoms with van der Waals surface area (Å²) in [5, 5.41) is 30.2. The number of benzene rings is 1. The molecule has 6 N–H and O–H groups in total. The smallest absolute Gasteiger partial charge is 0.326 e. The lowest BCUT2D eigenvalue weighted by Crippen LogP contribution is -2.43. The Bertz CT molecular complexity index is 518. The fourth-order valence-electron chi connectivity index (χ4n) is 1.78. The average Bonchev–Trinajstić information content (AvgIpc) is 2.41. The van der Waals surface area contributed by atoms with Crippen LogP contribution in [0.15, 0.2) is 18.2 Å². The van der Waals surface area contributed by atoms with Gasteiger partial charge in [-0.05, 0) is 30.2 Å². The Hall–Kier alpha value is -2.28. The van der Waals surface area contributed by atoms with Crippen LogP contribution in [0.2, 0.25) is 0 Å². The van der Waals surface area contributed by atoms with E-state index in [4.69, 9.17) is 10.8 Å². The van der Waals surface area contributed by atoms with Crippen molar-refractivity contribution in [1.82, 2.24) is 5.32 Å². The molecule has 1 aromatic rings. The number of phenolic OH excluding ortho intramolecular Hbond substituents is 2. The van der Waals surface area contributed by atoms with Crippen molar-refractivity contribution in [2.24, 2.45) is 11.7 Å². The highest BCUT2D eigenvalue weighted by atomic mass is 16.4. The van der Waals surface area contributed by atoms with Gasteiger partial charge in [-0.15, -0.1) is 0 Å². The van der Waals surface area contributed by atoms with E-state index in [2.05, 4.69) is 5.32 Å². The van der Waals surface area contributed by atoms with Gasteiger partial charge in [-0.2, -0.15) is 0 Å². The van der Waals surface area contributed by atoms with Crippen LogP contribution in [0.3, 0.4) is 0 Å². The molecule has 0 aromatic heterocycles. The van der Waals surface area contributed by atoms with Crippen molar-refractivity contribution in [2.75, 3.05) is 6.54 Å². The molecule has 0 fully saturated rings. The Morgan fingerprint density at radius 2 is 1.95 bits per heavy atom. The van der Waals surface area contributed by atoms with Crippen molar-refractivity contribution in [3.8, 4) is 11.5 Å². The van der Waals surface area contributed by atoms with Crippen molar-refractivity contribution in [3.05, 3.63) is 23.8 Å². The first-order valence-corrected chi connectivity index (χ1v) is 6.56. The third kappa shape index (κ3) is 5.31. The molecule has 21 heavy (non-hydrogen) atoms. The van der Waals surface area contributed by atoms with E-state index >= 15 is 0 Å². The number of carbonyl (C=O) groups is 2. The number of nitrogens with two attached hydrogens (primary N) is 1. The molecule has 116 valence electrons. The van der Waals surface area contributed by atoms with Crippen LogP contribution in [0.1, 0.15) is 18.9 Å². The molecule has 0 aliphatic rings. The molecule has 1 aromatic carbocycles. The Kier molecular flexibility index (Phi) is 5.98. The maximum atomic E-state index is 11.7. The van der Waals surface area contributed by atoms with E-state index in [1.54, 1.807) is 6.92 Å². The van der Waals surface area contributed by atoms with Crippen LogP contribution in [-0.4, -0.2) is 39.8 Å². The molecular weight excluding hydrogens is 276 g/mol. The largest absolute Gasteiger partial charge is 0.504 e. The highest BCUT2D eigenvalue weighted by Gasteiger charge is 2.21. The molecule has 2 atom stereocenters. The lowest BCUT2D eigenvalue weighted by atomic mass is 10.0. The van der Waals surface area contributed by atoms with E-state index < -0.39 is 12.0 Å². The standard InChI is InChI=1S/C14H20N2O5/c1-8(7-15)4-13(19)16-10(14(20)21)5-9-2-3-11(17)12(18)6-9/h2-3,6,8,10,17-18H,4-5,7,15H2,1H3,(H,16,19)(H,20,21)/t8?,10-/m0/s1. The first kappa shape index (κ1) is 16.8. The van der Waals surface area contributed by atoms with Gasteiger partial charge in [-0.25, -0.2) is 4.79 Å². The van der Waals surface area contributed by atoms with Crippen molar-refractivity contribution in [3.63, 3.8) is 0 Å². The van der Waals surface area contributed by atoms with E-state index in [1.807, 2.05) is 0 Å². The normalized spacial score (nSPS) is 13.4. The second-order valence-electron chi connectivity index (χ2n) is 5.03. The number of hydrogen-bond acceptors (Lipinski definition) is 5. The van der Waals surface area contributed by atoms with E-state index in [-0.39, 0.29) is 36.2 Å². The maximum absolute atomic E-state index is 11.7. The molecular formula is C14H20N2O5. The quantitative estimate of drug-likeness (QED) is 0.456. The Morgan fingerprint density at radius 1 is 1.29 bits per heavy atom. The minimum absolute atomic E-state index is 0.00587. The predicted molar refractivity (Wildman–Crippen MR) is 75.9 cm³/mol. The second-order valence-corrected chi connectivity index (χ2v) is 5.03. The molecule has 0 heterocycles. The van der Waals surface area contributed by atoms with Gasteiger partial charge in [-0.1, -0.05) is 13.0 Å². The zero-order valence-corrected chi connectivity index (χ0v) is 11.7. The lowest BCUT2D eigenvalue weighted by molar-refractivity contribution is -0.141. The van der Waals surface area contributed by atoms with Gasteiger partial charge in [0.15, 0.2) is 11.5 Å². The third-order valence-electron chi connectivity index (χ3n) is 3.05. The van der Waals surface area contributed by atoms with Gasteiger partial charge in [0.2, 0.25) is 5.91 Å². The number of nitrogens with one attached hydrogen (secondary N) is 1. The molecule has 7 heteroatoms. The summed E-state index contributed by atoms with van der Waals surface area (Å²) in [6, 6.07) is 2.91. The number of amides is 1. The molecule has 1 rings (SSSR count). The minimum atomic E-state index is -1.17. The molecule has 0 spiro atoms. The predicted octanol–water partition coefficient (Wildman–Crippen LogP) is 0.195. The van der Waals surface area contributed by atoms with Crippen LogP contribution >= 0.6 is 0 Å². The van der Waals surface area contributed by atoms with E-state index in [9.17, 15) is 19.8 Å². The maximum Gasteiger partial charge on any atom is 0.326 e. The van der Waals surface area contributed by atoms with Gasteiger partial charge in [0, 0.05) is 12.8 Å². The number of phenols is 2. The number of aliphatic carboxylic acids is 1. The highest BCUT2D eigenvalue weighted by molar-refractivity contribution is 5.83. The second kappa shape index (κ2) is 7.49. The SMILES string of the molecule is CC(CN)CC(=O)N[C@@H](Cc1ccc(O)c(O)c1)C(=O)O. The van der Waals surface area contributed by atoms with E-state index in [1.165, 1.54) is 18.2 Å². The first-order chi connectivity index (χ1) is 9.83. The van der Waals surface area contributed by atoms with Crippen molar-refractivity contribution >= 4 is 11.9 Å². The van der Waals surface area contributed by atoms with Crippen LogP contribution in [0.25, 0.3) is 0 Å². The Balaban J connectivity index is 2.71. The number of hydrogen-bond donors (Lipinski definition) is 5. The van der Waals surface area contributed by atoms with E-state index in [0.717, 1.165) is 0 Å². The molecule has 0 aliphatic carbocycles. The summed E-state index contributed by atoms with van der Waals surface area (Å²) in [5.74, 6) is -2.21. The summed E-state index contributed by atoms with van der Waals surface area (Å²) in [5.41, 5.74) is 5.91. The molecule has 7 nitrogen and oxygen atoms in total. The van der Waals surface area contributed by atoms with Crippen molar-refractivity contribution in [1.29, 1.82) is 0 Å². The molecule has 0 radical (unpaired) electrons. The number of aromatic hydroxyl groups is 2. The Labute approximate surface area is 122 Å². The molecule has 0 saturated carbocycles. The van der Waals surface area contributed by atoms with Crippen LogP contribution in [0.4, 0.5) is 0 Å². The zero-order valence-electron chi connectivity index (χ0n) is 11.7. The molecule has 0 aliphatic heterocycles. The van der Waals surface area contributed by atoms with Gasteiger partial charge in [0.05, 0.1) is 0 Å². The average molecular weight is 296 g/mol. The third-order valence-corrected chi connectivity index (χ3v) is 3.05. The summed E-state index contributed by atoms with van der Waals surface area (Å²) in [4.78, 5) is 22.9. The molecule has 0 saturated heterocycles. The summed E-state index contributed by atoms with van der Waals surface area (Å²) < 4.78 is 0. The minimum Gasteiger partial charge on any atom is -0.504 e. The first-order valence-electron chi connectivity index (χ1n) is 6.56. The van der Waals surface area contributed by atoms with Crippen molar-refractivity contribution < 1.29 is 24.9 Å². The van der Waals surface area contributed by atoms with Gasteiger partial charge in [-0.3, -0.25) is 4.79 Å². The Morgan fingerprint density at radius 3 is 2.48 bits per heavy atom. The highest BCUT2D eigenvalue weighted by Crippen LogP contribution is 2.25. The van der Waals surface area contributed by atoms with Crippen LogP contribution in [-0.2, 0) is 16.0 Å². The number of carboxylic acids is 1. The van der Waals surface area contributed by atoms with Gasteiger partial charge < -0.3 is 26.4 Å². The molecule has 0 bridgehead atoms. The summed E-state index contributed by atoms with van der Waals surface area (Å²) >= 11 is 0. The van der Waals surface area contributed by atoms with Crippen LogP contribution in [0.5, 0.6) is 11.5 Å². The van der Waals surface area contributed by atoms with E-state index in [0.29, 0.717) is 12.1 Å². The van der Waals surface area contributed by atoms with Crippen LogP contribution < -0.4 is 11.1 Å². The number of carboxylic acid groups (broad SMARTS) is 1. The summed E-state index contributed by atoms with van der Waals surface area (Å²) in [6.45, 7) is 2.14.